The topological polar surface area (TPSA) is 55.6 Å². The summed E-state index contributed by atoms with van der Waals surface area (Å²) in [5.74, 6) is 0.816. The molecule has 0 spiro atoms. The molecule has 0 bridgehead atoms. The van der Waals surface area contributed by atoms with Crippen molar-refractivity contribution in [3.05, 3.63) is 36.0 Å². The van der Waals surface area contributed by atoms with Gasteiger partial charge in [0.25, 0.3) is 0 Å². The quantitative estimate of drug-likeness (QED) is 0.792. The first-order valence-corrected chi connectivity index (χ1v) is 5.83. The fraction of sp³-hybridized carbons (Fsp3) is 0.417. The van der Waals surface area contributed by atoms with Gasteiger partial charge in [0.15, 0.2) is 5.82 Å². The van der Waals surface area contributed by atoms with Gasteiger partial charge in [-0.25, -0.2) is 14.6 Å². The maximum atomic E-state index is 4.44. The first kappa shape index (κ1) is 11.7. The van der Waals surface area contributed by atoms with Gasteiger partial charge in [-0.15, -0.1) is 0 Å². The van der Waals surface area contributed by atoms with E-state index in [9.17, 15) is 0 Å². The molecule has 0 aliphatic heterocycles. The van der Waals surface area contributed by atoms with Gasteiger partial charge < -0.3 is 5.32 Å². The van der Waals surface area contributed by atoms with Crippen LogP contribution in [0, 0.1) is 6.92 Å². The van der Waals surface area contributed by atoms with Gasteiger partial charge in [-0.05, 0) is 37.6 Å². The molecule has 0 aliphatic rings. The molecule has 0 aliphatic carbocycles. The Morgan fingerprint density at radius 2 is 2.24 bits per heavy atom. The summed E-state index contributed by atoms with van der Waals surface area (Å²) >= 11 is 0. The summed E-state index contributed by atoms with van der Waals surface area (Å²) in [5.41, 5.74) is 2.21. The van der Waals surface area contributed by atoms with E-state index in [1.165, 1.54) is 11.9 Å². The molecule has 2 aromatic rings. The molecular weight excluding hydrogens is 214 g/mol. The van der Waals surface area contributed by atoms with E-state index in [0.29, 0.717) is 0 Å². The average Bonchev–Trinajstić information content (AvgIpc) is 2.82. The first-order chi connectivity index (χ1) is 8.29. The van der Waals surface area contributed by atoms with Crippen molar-refractivity contribution in [1.29, 1.82) is 0 Å². The van der Waals surface area contributed by atoms with Gasteiger partial charge in [0.1, 0.15) is 12.7 Å². The highest BCUT2D eigenvalue weighted by atomic mass is 15.3. The molecule has 2 rings (SSSR count). The lowest BCUT2D eigenvalue weighted by Gasteiger charge is -2.07. The summed E-state index contributed by atoms with van der Waals surface area (Å²) in [6.07, 6.45) is 4.31. The lowest BCUT2D eigenvalue weighted by molar-refractivity contribution is 0.673. The minimum absolute atomic E-state index is 0.816. The minimum Gasteiger partial charge on any atom is -0.313 e. The fourth-order valence-corrected chi connectivity index (χ4v) is 1.68. The van der Waals surface area contributed by atoms with Crippen molar-refractivity contribution < 1.29 is 0 Å². The van der Waals surface area contributed by atoms with Crippen molar-refractivity contribution in [2.45, 2.75) is 26.8 Å². The minimum atomic E-state index is 0.816. The second kappa shape index (κ2) is 5.54. The molecule has 0 fully saturated rings. The first-order valence-electron chi connectivity index (χ1n) is 5.83. The number of hydrogen-bond donors (Lipinski definition) is 1. The summed E-state index contributed by atoms with van der Waals surface area (Å²) in [6.45, 7) is 6.04. The molecule has 0 radical (unpaired) electrons. The van der Waals surface area contributed by atoms with E-state index in [2.05, 4.69) is 33.4 Å². The van der Waals surface area contributed by atoms with Gasteiger partial charge in [-0.2, -0.15) is 5.10 Å². The number of rotatable bonds is 5. The van der Waals surface area contributed by atoms with Crippen LogP contribution in [0.3, 0.4) is 0 Å². The Labute approximate surface area is 101 Å². The van der Waals surface area contributed by atoms with E-state index < -0.39 is 0 Å². The van der Waals surface area contributed by atoms with Crippen LogP contribution in [0.1, 0.15) is 24.6 Å². The number of aromatic nitrogens is 4. The summed E-state index contributed by atoms with van der Waals surface area (Å²) in [7, 11) is 0. The summed E-state index contributed by atoms with van der Waals surface area (Å²) < 4.78 is 1.68. The molecule has 0 saturated heterocycles. The maximum Gasteiger partial charge on any atom is 0.155 e. The molecule has 1 N–H and O–H groups in total. The van der Waals surface area contributed by atoms with E-state index in [-0.39, 0.29) is 0 Å². The Morgan fingerprint density at radius 3 is 2.94 bits per heavy atom. The van der Waals surface area contributed by atoms with E-state index in [4.69, 9.17) is 0 Å². The monoisotopic (exact) mass is 231 g/mol. The standard InChI is InChI=1S/C12H17N5/c1-3-4-13-7-11-5-10(2)16-12(6-11)17-9-14-8-15-17/h5-6,8-9,13H,3-4,7H2,1-2H3. The Hall–Kier alpha value is -1.75. The number of hydrogen-bond acceptors (Lipinski definition) is 4. The molecule has 2 heterocycles. The van der Waals surface area contributed by atoms with Crippen molar-refractivity contribution in [3.63, 3.8) is 0 Å². The van der Waals surface area contributed by atoms with Gasteiger partial charge in [-0.3, -0.25) is 0 Å². The molecule has 0 unspecified atom stereocenters. The van der Waals surface area contributed by atoms with Crippen LogP contribution in [0.15, 0.2) is 24.8 Å². The molecule has 0 amide bonds. The van der Waals surface area contributed by atoms with Crippen LogP contribution < -0.4 is 5.32 Å². The lowest BCUT2D eigenvalue weighted by atomic mass is 10.2. The van der Waals surface area contributed by atoms with Gasteiger partial charge in [0, 0.05) is 12.2 Å². The second-order valence-electron chi connectivity index (χ2n) is 3.99. The van der Waals surface area contributed by atoms with Crippen molar-refractivity contribution in [1.82, 2.24) is 25.1 Å². The third-order valence-corrected chi connectivity index (χ3v) is 2.41. The molecule has 17 heavy (non-hydrogen) atoms. The normalized spacial score (nSPS) is 10.7. The zero-order valence-electron chi connectivity index (χ0n) is 10.2. The molecule has 0 aromatic carbocycles. The predicted molar refractivity (Wildman–Crippen MR) is 65.9 cm³/mol. The highest BCUT2D eigenvalue weighted by Gasteiger charge is 2.02. The average molecular weight is 231 g/mol. The van der Waals surface area contributed by atoms with Crippen molar-refractivity contribution in [2.75, 3.05) is 6.54 Å². The number of aryl methyl sites for hydroxylation is 1. The van der Waals surface area contributed by atoms with Crippen LogP contribution in [0.25, 0.3) is 5.82 Å². The largest absolute Gasteiger partial charge is 0.313 e. The maximum absolute atomic E-state index is 4.44. The van der Waals surface area contributed by atoms with Crippen LogP contribution in [0.5, 0.6) is 0 Å². The number of nitrogens with zero attached hydrogens (tertiary/aromatic N) is 4. The molecule has 0 atom stereocenters. The zero-order chi connectivity index (χ0) is 12.1. The number of pyridine rings is 1. The fourth-order valence-electron chi connectivity index (χ4n) is 1.68. The predicted octanol–water partition coefficient (Wildman–Crippen LogP) is 1.47. The highest BCUT2D eigenvalue weighted by molar-refractivity contribution is 5.29. The lowest BCUT2D eigenvalue weighted by Crippen LogP contribution is -2.14. The molecular formula is C12H17N5. The van der Waals surface area contributed by atoms with Crippen molar-refractivity contribution >= 4 is 0 Å². The van der Waals surface area contributed by atoms with E-state index in [1.54, 1.807) is 11.0 Å². The van der Waals surface area contributed by atoms with Gasteiger partial charge in [0.2, 0.25) is 0 Å². The zero-order valence-corrected chi connectivity index (χ0v) is 10.2. The molecule has 5 nitrogen and oxygen atoms in total. The van der Waals surface area contributed by atoms with Gasteiger partial charge >= 0.3 is 0 Å². The Bertz CT molecular complexity index is 464. The van der Waals surface area contributed by atoms with Crippen LogP contribution >= 0.6 is 0 Å². The van der Waals surface area contributed by atoms with Crippen molar-refractivity contribution in [3.8, 4) is 5.82 Å². The molecule has 90 valence electrons. The number of nitrogens with one attached hydrogen (secondary N) is 1. The smallest absolute Gasteiger partial charge is 0.155 e. The summed E-state index contributed by atoms with van der Waals surface area (Å²) in [6, 6.07) is 4.12. The molecule has 0 saturated carbocycles. The van der Waals surface area contributed by atoms with Gasteiger partial charge in [0.05, 0.1) is 0 Å². The van der Waals surface area contributed by atoms with Gasteiger partial charge in [-0.1, -0.05) is 6.92 Å². The SMILES string of the molecule is CCCNCc1cc(C)nc(-n2cncn2)c1. The highest BCUT2D eigenvalue weighted by Crippen LogP contribution is 2.08. The van der Waals surface area contributed by atoms with Crippen LogP contribution in [0.2, 0.25) is 0 Å². The Kier molecular flexibility index (Phi) is 3.82. The Morgan fingerprint density at radius 1 is 1.35 bits per heavy atom. The third-order valence-electron chi connectivity index (χ3n) is 2.41. The van der Waals surface area contributed by atoms with Crippen LogP contribution in [-0.4, -0.2) is 26.3 Å². The third kappa shape index (κ3) is 3.10. The van der Waals surface area contributed by atoms with E-state index in [0.717, 1.165) is 31.0 Å². The summed E-state index contributed by atoms with van der Waals surface area (Å²) in [4.78, 5) is 8.37. The summed E-state index contributed by atoms with van der Waals surface area (Å²) in [5, 5.41) is 7.47. The Balaban J connectivity index is 2.18. The molecule has 5 heteroatoms. The second-order valence-corrected chi connectivity index (χ2v) is 3.99. The van der Waals surface area contributed by atoms with E-state index >= 15 is 0 Å². The van der Waals surface area contributed by atoms with Crippen LogP contribution in [-0.2, 0) is 6.54 Å². The van der Waals surface area contributed by atoms with Crippen LogP contribution in [0.4, 0.5) is 0 Å². The van der Waals surface area contributed by atoms with Crippen molar-refractivity contribution in [2.24, 2.45) is 0 Å². The molecule has 2 aromatic heterocycles. The van der Waals surface area contributed by atoms with E-state index in [1.807, 2.05) is 13.0 Å².